The number of para-hydroxylation sites is 2. The van der Waals surface area contributed by atoms with Gasteiger partial charge in [0.25, 0.3) is 11.6 Å². The number of nitro benzene ring substituents is 1. The third kappa shape index (κ3) is 4.31. The minimum atomic E-state index is -0.822. The van der Waals surface area contributed by atoms with Crippen molar-refractivity contribution in [3.8, 4) is 0 Å². The molecule has 12 heteroatoms. The molecule has 2 aromatic carbocycles. The molecule has 2 heterocycles. The summed E-state index contributed by atoms with van der Waals surface area (Å²) in [6.07, 6.45) is 2.89. The van der Waals surface area contributed by atoms with E-state index in [4.69, 9.17) is 23.8 Å². The lowest BCUT2D eigenvalue weighted by Crippen LogP contribution is -2.37. The van der Waals surface area contributed by atoms with Crippen molar-refractivity contribution in [2.24, 2.45) is 0 Å². The average molecular weight is 498 g/mol. The number of amides is 1. The first-order valence-corrected chi connectivity index (χ1v) is 10.7. The molecule has 172 valence electrons. The zero-order valence-electron chi connectivity index (χ0n) is 17.3. The van der Waals surface area contributed by atoms with E-state index >= 15 is 0 Å². The Morgan fingerprint density at radius 2 is 2.00 bits per heavy atom. The van der Waals surface area contributed by atoms with Crippen LogP contribution in [0.25, 0.3) is 21.8 Å². The maximum absolute atomic E-state index is 13.2. The monoisotopic (exact) mass is 497 g/mol. The number of pyridine rings is 2. The van der Waals surface area contributed by atoms with Crippen molar-refractivity contribution in [2.75, 3.05) is 11.9 Å². The Morgan fingerprint density at radius 1 is 1.24 bits per heavy atom. The highest BCUT2D eigenvalue weighted by molar-refractivity contribution is 7.80. The lowest BCUT2D eigenvalue weighted by Gasteiger charge is -2.15. The molecule has 0 spiro atoms. The zero-order valence-corrected chi connectivity index (χ0v) is 18.9. The number of aromatic nitrogens is 2. The summed E-state index contributed by atoms with van der Waals surface area (Å²) in [6, 6.07) is 10.7. The second kappa shape index (κ2) is 9.51. The number of nitrogens with zero attached hydrogens (tertiary/aromatic N) is 3. The molecule has 4 aromatic rings. The number of benzene rings is 2. The van der Waals surface area contributed by atoms with E-state index in [0.717, 1.165) is 0 Å². The highest BCUT2D eigenvalue weighted by atomic mass is 35.5. The minimum absolute atomic E-state index is 0.0831. The van der Waals surface area contributed by atoms with Crippen molar-refractivity contribution < 1.29 is 14.8 Å². The van der Waals surface area contributed by atoms with Gasteiger partial charge < -0.3 is 15.0 Å². The fourth-order valence-electron chi connectivity index (χ4n) is 3.61. The Balaban J connectivity index is 1.74. The second-order valence-corrected chi connectivity index (χ2v) is 7.94. The molecule has 1 amide bonds. The number of thiocarbonyl (C=S) groups is 1. The number of nitro groups is 1. The molecule has 0 atom stereocenters. The molecule has 2 aromatic heterocycles. The molecule has 0 fully saturated rings. The standard InChI is InChI=1S/C22H16ClN5O5S/c23-15-10-13-19(12-4-3-7-24-18(12)15)27(8-9-29)11-14(20(13)30)21(31)26-22(34)25-16-5-1-2-6-17(16)28(32)33/h1-7,10-11,29H,8-9H2,(H2,25,26,31,34). The molecule has 0 bridgehead atoms. The van der Waals surface area contributed by atoms with Gasteiger partial charge in [-0.3, -0.25) is 30.0 Å². The van der Waals surface area contributed by atoms with Gasteiger partial charge in [-0.1, -0.05) is 23.7 Å². The quantitative estimate of drug-likeness (QED) is 0.165. The first kappa shape index (κ1) is 23.2. The Labute approximate surface area is 201 Å². The Bertz CT molecular complexity index is 1540. The molecule has 4 rings (SSSR count). The molecule has 0 unspecified atom stereocenters. The van der Waals surface area contributed by atoms with Crippen molar-refractivity contribution >= 4 is 68.0 Å². The van der Waals surface area contributed by atoms with Gasteiger partial charge >= 0.3 is 0 Å². The lowest BCUT2D eigenvalue weighted by molar-refractivity contribution is -0.383. The third-order valence-electron chi connectivity index (χ3n) is 5.04. The van der Waals surface area contributed by atoms with Gasteiger partial charge in [0.05, 0.1) is 27.6 Å². The minimum Gasteiger partial charge on any atom is -0.395 e. The van der Waals surface area contributed by atoms with E-state index in [1.54, 1.807) is 29.0 Å². The number of hydrogen-bond acceptors (Lipinski definition) is 7. The molecular formula is C22H16ClN5O5S. The summed E-state index contributed by atoms with van der Waals surface area (Å²) in [5.41, 5.74) is -0.0294. The van der Waals surface area contributed by atoms with Crippen molar-refractivity contribution in [1.82, 2.24) is 14.9 Å². The van der Waals surface area contributed by atoms with E-state index in [-0.39, 0.29) is 45.6 Å². The van der Waals surface area contributed by atoms with Crippen LogP contribution in [0.15, 0.2) is 59.7 Å². The molecule has 0 aliphatic rings. The molecular weight excluding hydrogens is 482 g/mol. The zero-order chi connectivity index (χ0) is 24.4. The first-order valence-electron chi connectivity index (χ1n) is 9.88. The summed E-state index contributed by atoms with van der Waals surface area (Å²) in [5.74, 6) is -0.822. The van der Waals surface area contributed by atoms with Gasteiger partial charge in [-0.05, 0) is 36.5 Å². The van der Waals surface area contributed by atoms with E-state index in [9.17, 15) is 24.8 Å². The van der Waals surface area contributed by atoms with Crippen LogP contribution in [0.5, 0.6) is 0 Å². The van der Waals surface area contributed by atoms with Gasteiger partial charge in [-0.25, -0.2) is 0 Å². The fourth-order valence-corrected chi connectivity index (χ4v) is 4.07. The summed E-state index contributed by atoms with van der Waals surface area (Å²) < 4.78 is 1.57. The smallest absolute Gasteiger partial charge is 0.292 e. The predicted molar refractivity (Wildman–Crippen MR) is 132 cm³/mol. The number of fused-ring (bicyclic) bond motifs is 3. The SMILES string of the molecule is O=C(NC(=S)Nc1ccccc1[N+](=O)[O-])c1cn(CCO)c2c(cc(Cl)c3ncccc32)c1=O. The third-order valence-corrected chi connectivity index (χ3v) is 5.53. The number of carbonyl (C=O) groups is 1. The van der Waals surface area contributed by atoms with E-state index in [0.29, 0.717) is 16.4 Å². The molecule has 0 radical (unpaired) electrons. The number of halogens is 1. The molecule has 0 aliphatic heterocycles. The van der Waals surface area contributed by atoms with Crippen LogP contribution in [0.4, 0.5) is 11.4 Å². The van der Waals surface area contributed by atoms with Crippen LogP contribution in [-0.2, 0) is 6.54 Å². The first-order chi connectivity index (χ1) is 16.3. The second-order valence-electron chi connectivity index (χ2n) is 7.13. The van der Waals surface area contributed by atoms with Crippen LogP contribution < -0.4 is 16.1 Å². The van der Waals surface area contributed by atoms with Gasteiger partial charge in [-0.15, -0.1) is 0 Å². The lowest BCUT2D eigenvalue weighted by atomic mass is 10.1. The van der Waals surface area contributed by atoms with Gasteiger partial charge in [0.2, 0.25) is 5.43 Å². The number of anilines is 1. The van der Waals surface area contributed by atoms with Crippen LogP contribution in [0.1, 0.15) is 10.4 Å². The topological polar surface area (TPSA) is 139 Å². The van der Waals surface area contributed by atoms with Gasteiger partial charge in [0.15, 0.2) is 5.11 Å². The van der Waals surface area contributed by atoms with Gasteiger partial charge in [0, 0.05) is 35.8 Å². The largest absolute Gasteiger partial charge is 0.395 e. The Morgan fingerprint density at radius 3 is 2.74 bits per heavy atom. The number of nitrogens with one attached hydrogen (secondary N) is 2. The van der Waals surface area contributed by atoms with Crippen molar-refractivity contribution in [3.63, 3.8) is 0 Å². The number of aliphatic hydroxyl groups excluding tert-OH is 1. The molecule has 10 nitrogen and oxygen atoms in total. The number of aliphatic hydroxyl groups is 1. The van der Waals surface area contributed by atoms with Crippen LogP contribution in [0.3, 0.4) is 0 Å². The summed E-state index contributed by atoms with van der Waals surface area (Å²) in [7, 11) is 0. The highest BCUT2D eigenvalue weighted by Crippen LogP contribution is 2.29. The predicted octanol–water partition coefficient (Wildman–Crippen LogP) is 3.23. The van der Waals surface area contributed by atoms with Crippen molar-refractivity contribution in [1.29, 1.82) is 0 Å². The van der Waals surface area contributed by atoms with Crippen molar-refractivity contribution in [3.05, 3.63) is 85.8 Å². The Kier molecular flexibility index (Phi) is 6.50. The van der Waals surface area contributed by atoms with E-state index in [2.05, 4.69) is 15.6 Å². The van der Waals surface area contributed by atoms with Crippen LogP contribution in [-0.4, -0.2) is 37.2 Å². The maximum atomic E-state index is 13.2. The molecule has 0 saturated carbocycles. The van der Waals surface area contributed by atoms with Gasteiger partial charge in [-0.2, -0.15) is 0 Å². The number of rotatable bonds is 5. The summed E-state index contributed by atoms with van der Waals surface area (Å²) >= 11 is 11.5. The summed E-state index contributed by atoms with van der Waals surface area (Å²) in [6.45, 7) is -0.150. The van der Waals surface area contributed by atoms with Gasteiger partial charge in [0.1, 0.15) is 11.3 Å². The molecule has 34 heavy (non-hydrogen) atoms. The maximum Gasteiger partial charge on any atom is 0.292 e. The fraction of sp³-hybridized carbons (Fsp3) is 0.0909. The molecule has 3 N–H and O–H groups in total. The number of carbonyl (C=O) groups excluding carboxylic acids is 1. The van der Waals surface area contributed by atoms with E-state index in [1.165, 1.54) is 30.5 Å². The molecule has 0 saturated heterocycles. The average Bonchev–Trinajstić information content (AvgIpc) is 2.81. The van der Waals surface area contributed by atoms with Crippen LogP contribution >= 0.6 is 23.8 Å². The highest BCUT2D eigenvalue weighted by Gasteiger charge is 2.20. The van der Waals surface area contributed by atoms with Crippen molar-refractivity contribution in [2.45, 2.75) is 6.54 Å². The summed E-state index contributed by atoms with van der Waals surface area (Å²) in [5, 5.41) is 26.5. The molecule has 0 aliphatic carbocycles. The number of hydrogen-bond donors (Lipinski definition) is 3. The Hall–Kier alpha value is -3.93. The normalized spacial score (nSPS) is 10.9. The van der Waals surface area contributed by atoms with Crippen LogP contribution in [0.2, 0.25) is 5.02 Å². The van der Waals surface area contributed by atoms with Crippen LogP contribution in [0, 0.1) is 10.1 Å². The van der Waals surface area contributed by atoms with E-state index in [1.807, 2.05) is 0 Å². The van der Waals surface area contributed by atoms with E-state index < -0.39 is 16.3 Å². The summed E-state index contributed by atoms with van der Waals surface area (Å²) in [4.78, 5) is 41.0.